The van der Waals surface area contributed by atoms with Gasteiger partial charge in [0.1, 0.15) is 0 Å². The van der Waals surface area contributed by atoms with Gasteiger partial charge in [0.25, 0.3) is 0 Å². The Morgan fingerprint density at radius 1 is 1.09 bits per heavy atom. The Morgan fingerprint density at radius 3 is 2.61 bits per heavy atom. The zero-order valence-electron chi connectivity index (χ0n) is 15.1. The first-order chi connectivity index (χ1) is 10.9. The summed E-state index contributed by atoms with van der Waals surface area (Å²) in [5.41, 5.74) is 2.25. The van der Waals surface area contributed by atoms with Crippen LogP contribution in [-0.2, 0) is 0 Å². The second-order valence-electron chi connectivity index (χ2n) is 9.62. The van der Waals surface area contributed by atoms with Crippen LogP contribution in [0, 0.1) is 34.5 Å². The molecule has 2 N–H and O–H groups in total. The average Bonchev–Trinajstić information content (AvgIpc) is 2.85. The van der Waals surface area contributed by atoms with Crippen LogP contribution in [0.2, 0.25) is 0 Å². The van der Waals surface area contributed by atoms with E-state index in [4.69, 9.17) is 0 Å². The van der Waals surface area contributed by atoms with Gasteiger partial charge in [0.15, 0.2) is 0 Å². The number of hydrogen-bond donors (Lipinski definition) is 2. The first kappa shape index (κ1) is 16.1. The number of hydrogen-bond acceptors (Lipinski definition) is 2. The van der Waals surface area contributed by atoms with E-state index >= 15 is 0 Å². The van der Waals surface area contributed by atoms with Crippen LogP contribution in [-0.4, -0.2) is 22.4 Å². The lowest BCUT2D eigenvalue weighted by Crippen LogP contribution is -2.51. The van der Waals surface area contributed by atoms with Crippen molar-refractivity contribution < 1.29 is 10.2 Å². The van der Waals surface area contributed by atoms with E-state index in [0.29, 0.717) is 16.7 Å². The third-order valence-corrected chi connectivity index (χ3v) is 8.73. The molecule has 0 radical (unpaired) electrons. The highest BCUT2D eigenvalue weighted by Crippen LogP contribution is 2.66. The first-order valence-electron chi connectivity index (χ1n) is 9.92. The highest BCUT2D eigenvalue weighted by Gasteiger charge is 2.59. The fourth-order valence-corrected chi connectivity index (χ4v) is 7.47. The summed E-state index contributed by atoms with van der Waals surface area (Å²) in [6.45, 7) is 6.98. The molecule has 0 spiro atoms. The zero-order valence-corrected chi connectivity index (χ0v) is 15.1. The Labute approximate surface area is 141 Å². The van der Waals surface area contributed by atoms with Crippen LogP contribution in [0.3, 0.4) is 0 Å². The summed E-state index contributed by atoms with van der Waals surface area (Å²) in [7, 11) is 0. The highest BCUT2D eigenvalue weighted by atomic mass is 16.3. The van der Waals surface area contributed by atoms with Crippen molar-refractivity contribution in [3.63, 3.8) is 0 Å². The van der Waals surface area contributed by atoms with E-state index in [1.54, 1.807) is 5.57 Å². The third-order valence-electron chi connectivity index (χ3n) is 8.73. The van der Waals surface area contributed by atoms with Crippen molar-refractivity contribution >= 4 is 0 Å². The van der Waals surface area contributed by atoms with Crippen molar-refractivity contribution in [2.75, 3.05) is 0 Å². The molecule has 4 aliphatic rings. The van der Waals surface area contributed by atoms with E-state index in [1.165, 1.54) is 38.5 Å². The van der Waals surface area contributed by atoms with E-state index in [0.717, 1.165) is 30.6 Å². The van der Waals surface area contributed by atoms with Gasteiger partial charge in [-0.05, 0) is 92.8 Å². The van der Waals surface area contributed by atoms with Crippen LogP contribution in [0.15, 0.2) is 11.6 Å². The molecule has 3 fully saturated rings. The van der Waals surface area contributed by atoms with Gasteiger partial charge in [0, 0.05) is 0 Å². The van der Waals surface area contributed by atoms with Crippen molar-refractivity contribution in [3.8, 4) is 0 Å². The lowest BCUT2D eigenvalue weighted by atomic mass is 9.47. The molecule has 0 aromatic rings. The van der Waals surface area contributed by atoms with Gasteiger partial charge in [-0.25, -0.2) is 0 Å². The highest BCUT2D eigenvalue weighted by molar-refractivity contribution is 5.25. The summed E-state index contributed by atoms with van der Waals surface area (Å²) in [4.78, 5) is 0. The van der Waals surface area contributed by atoms with Gasteiger partial charge in [-0.1, -0.05) is 25.5 Å². The molecule has 0 aromatic carbocycles. The van der Waals surface area contributed by atoms with Crippen molar-refractivity contribution in [1.29, 1.82) is 0 Å². The largest absolute Gasteiger partial charge is 0.393 e. The topological polar surface area (TPSA) is 40.5 Å². The molecule has 8 atom stereocenters. The molecule has 4 aliphatic carbocycles. The fraction of sp³-hybridized carbons (Fsp3) is 0.905. The number of allylic oxidation sites excluding steroid dienone is 1. The summed E-state index contributed by atoms with van der Waals surface area (Å²) in [6, 6.07) is 0. The zero-order chi connectivity index (χ0) is 16.4. The van der Waals surface area contributed by atoms with Gasteiger partial charge in [-0.2, -0.15) is 0 Å². The molecule has 0 amide bonds. The molecule has 3 saturated carbocycles. The van der Waals surface area contributed by atoms with Gasteiger partial charge >= 0.3 is 0 Å². The maximum absolute atomic E-state index is 10.3. The van der Waals surface area contributed by atoms with Gasteiger partial charge in [-0.15, -0.1) is 0 Å². The summed E-state index contributed by atoms with van der Waals surface area (Å²) >= 11 is 0. The number of rotatable bonds is 1. The summed E-state index contributed by atoms with van der Waals surface area (Å²) in [6.07, 6.45) is 11.7. The lowest BCUT2D eigenvalue weighted by molar-refractivity contribution is -0.0675. The quantitative estimate of drug-likeness (QED) is 0.707. The Hall–Kier alpha value is -0.340. The molecule has 0 unspecified atom stereocenters. The van der Waals surface area contributed by atoms with Crippen LogP contribution in [0.1, 0.15) is 72.1 Å². The minimum Gasteiger partial charge on any atom is -0.393 e. The summed E-state index contributed by atoms with van der Waals surface area (Å²) < 4.78 is 0. The number of aliphatic hydroxyl groups excluding tert-OH is 2. The predicted molar refractivity (Wildman–Crippen MR) is 92.9 cm³/mol. The molecule has 2 nitrogen and oxygen atoms in total. The monoisotopic (exact) mass is 318 g/mol. The van der Waals surface area contributed by atoms with Crippen molar-refractivity contribution in [3.05, 3.63) is 11.6 Å². The van der Waals surface area contributed by atoms with Crippen LogP contribution < -0.4 is 0 Å². The van der Waals surface area contributed by atoms with E-state index < -0.39 is 0 Å². The van der Waals surface area contributed by atoms with Gasteiger partial charge in [0.05, 0.1) is 12.2 Å². The number of aliphatic hydroxyl groups is 2. The molecule has 4 rings (SSSR count). The third kappa shape index (κ3) is 2.20. The Morgan fingerprint density at radius 2 is 1.87 bits per heavy atom. The van der Waals surface area contributed by atoms with Crippen LogP contribution in [0.4, 0.5) is 0 Å². The van der Waals surface area contributed by atoms with Gasteiger partial charge in [-0.3, -0.25) is 0 Å². The Kier molecular flexibility index (Phi) is 3.74. The van der Waals surface area contributed by atoms with Crippen molar-refractivity contribution in [2.45, 2.75) is 84.3 Å². The minimum absolute atomic E-state index is 0.106. The molecule has 0 bridgehead atoms. The molecule has 0 aromatic heterocycles. The number of fused-ring (bicyclic) bond motifs is 5. The molecule has 130 valence electrons. The summed E-state index contributed by atoms with van der Waals surface area (Å²) in [5, 5.41) is 20.4. The Bertz CT molecular complexity index is 510. The maximum Gasteiger partial charge on any atom is 0.0577 e. The van der Waals surface area contributed by atoms with Crippen molar-refractivity contribution in [2.24, 2.45) is 34.5 Å². The van der Waals surface area contributed by atoms with Crippen LogP contribution >= 0.6 is 0 Å². The smallest absolute Gasteiger partial charge is 0.0577 e. The molecule has 0 saturated heterocycles. The summed E-state index contributed by atoms with van der Waals surface area (Å²) in [5.74, 6) is 2.91. The molecular formula is C21H34O2. The average molecular weight is 319 g/mol. The second kappa shape index (κ2) is 5.33. The van der Waals surface area contributed by atoms with E-state index in [2.05, 4.69) is 19.9 Å². The maximum atomic E-state index is 10.3. The molecule has 0 heterocycles. The van der Waals surface area contributed by atoms with Gasteiger partial charge < -0.3 is 10.2 Å². The lowest BCUT2D eigenvalue weighted by Gasteiger charge is -2.58. The molecular weight excluding hydrogens is 284 g/mol. The van der Waals surface area contributed by atoms with Crippen LogP contribution in [0.25, 0.3) is 0 Å². The van der Waals surface area contributed by atoms with Crippen LogP contribution in [0.5, 0.6) is 0 Å². The first-order valence-corrected chi connectivity index (χ1v) is 9.92. The Balaban J connectivity index is 1.65. The van der Waals surface area contributed by atoms with E-state index in [9.17, 15) is 10.2 Å². The molecule has 23 heavy (non-hydrogen) atoms. The second-order valence-corrected chi connectivity index (χ2v) is 9.62. The fourth-order valence-electron chi connectivity index (χ4n) is 7.47. The van der Waals surface area contributed by atoms with E-state index in [-0.39, 0.29) is 12.2 Å². The predicted octanol–water partition coefficient (Wildman–Crippen LogP) is 4.31. The molecule has 0 aliphatic heterocycles. The normalized spacial score (nSPS) is 53.8. The van der Waals surface area contributed by atoms with Crippen molar-refractivity contribution in [1.82, 2.24) is 0 Å². The SMILES string of the molecule is C[C@@H](O)[C@@H]1CC[C@H]2[C@H]3CC=C4C[C@@H](O)CC[C@]4(C)[C@H]3CC[C@@]21C. The van der Waals surface area contributed by atoms with E-state index in [1.807, 2.05) is 6.92 Å². The minimum atomic E-state index is -0.156. The molecule has 2 heteroatoms. The van der Waals surface area contributed by atoms with Gasteiger partial charge in [0.2, 0.25) is 0 Å². The standard InChI is InChI=1S/C21H34O2/c1-13(22)17-6-7-18-16-5-4-14-12-15(23)8-10-20(14,2)19(16)9-11-21(17,18)3/h4,13,15-19,22-23H,5-12H2,1-3H3/t13-,15+,16-,17+,18+,19+,20+,21-/m1/s1.